The first-order valence-corrected chi connectivity index (χ1v) is 6.67. The van der Waals surface area contributed by atoms with Crippen LogP contribution in [0.4, 0.5) is 0 Å². The topological polar surface area (TPSA) is 44.0 Å². The number of rotatable bonds is 5. The summed E-state index contributed by atoms with van der Waals surface area (Å²) < 4.78 is 2.19. The standard InChI is InChI=1S/C12H19ClN.C2H4O2/c1-3-4-5-6-7-14-9-11(2)8-12(13)10-14;1-2(3)4/h8-10H,3-7H2,1-2H3;1H3,(H,3,4)/q+1;/p-1. The molecule has 0 aliphatic carbocycles. The Morgan fingerprint density at radius 1 is 1.33 bits per heavy atom. The minimum atomic E-state index is -1.08. The number of nitrogens with zero attached hydrogens (tertiary/aromatic N) is 1. The van der Waals surface area contributed by atoms with E-state index in [0.29, 0.717) is 0 Å². The van der Waals surface area contributed by atoms with Crippen molar-refractivity contribution in [3.05, 3.63) is 29.0 Å². The van der Waals surface area contributed by atoms with Crippen molar-refractivity contribution in [2.45, 2.75) is 53.0 Å². The van der Waals surface area contributed by atoms with Gasteiger partial charge in [-0.25, -0.2) is 4.57 Å². The van der Waals surface area contributed by atoms with Crippen molar-refractivity contribution in [3.8, 4) is 0 Å². The highest BCUT2D eigenvalue weighted by Crippen LogP contribution is 2.06. The van der Waals surface area contributed by atoms with Gasteiger partial charge in [0.05, 0.1) is 0 Å². The van der Waals surface area contributed by atoms with Gasteiger partial charge in [0.2, 0.25) is 0 Å². The molecule has 0 radical (unpaired) electrons. The molecule has 18 heavy (non-hydrogen) atoms. The number of hydrogen-bond donors (Lipinski definition) is 0. The van der Waals surface area contributed by atoms with Gasteiger partial charge in [-0.2, -0.15) is 0 Å². The van der Waals surface area contributed by atoms with Crippen molar-refractivity contribution in [3.63, 3.8) is 0 Å². The lowest BCUT2D eigenvalue weighted by atomic mass is 10.2. The number of carboxylic acid groups (broad SMARTS) is 1. The third-order valence-electron chi connectivity index (χ3n) is 2.29. The summed E-state index contributed by atoms with van der Waals surface area (Å²) in [5, 5.41) is 9.72. The molecule has 0 N–H and O–H groups in total. The number of carboxylic acids is 1. The van der Waals surface area contributed by atoms with Crippen LogP contribution in [0.25, 0.3) is 0 Å². The van der Waals surface area contributed by atoms with Gasteiger partial charge in [0.1, 0.15) is 11.6 Å². The first kappa shape index (κ1) is 16.9. The zero-order chi connectivity index (χ0) is 14.0. The van der Waals surface area contributed by atoms with Crippen LogP contribution in [0.5, 0.6) is 0 Å². The molecule has 0 saturated carbocycles. The summed E-state index contributed by atoms with van der Waals surface area (Å²) in [5.74, 6) is -1.08. The Hall–Kier alpha value is -1.09. The molecule has 1 aromatic rings. The molecule has 0 saturated heterocycles. The maximum absolute atomic E-state index is 8.89. The lowest BCUT2D eigenvalue weighted by molar-refractivity contribution is -0.697. The zero-order valence-electron chi connectivity index (χ0n) is 11.4. The molecular formula is C14H22ClNO2. The van der Waals surface area contributed by atoms with Gasteiger partial charge in [0, 0.05) is 18.0 Å². The molecule has 1 aromatic heterocycles. The first-order chi connectivity index (χ1) is 8.45. The number of carbonyl (C=O) groups is 1. The highest BCUT2D eigenvalue weighted by molar-refractivity contribution is 6.30. The molecule has 0 amide bonds. The molecule has 0 bridgehead atoms. The second-order valence-corrected chi connectivity index (χ2v) is 4.76. The Morgan fingerprint density at radius 3 is 2.44 bits per heavy atom. The Balaban J connectivity index is 0.000000631. The molecule has 1 rings (SSSR count). The van der Waals surface area contributed by atoms with Gasteiger partial charge < -0.3 is 9.90 Å². The van der Waals surface area contributed by atoms with Crippen LogP contribution in [-0.2, 0) is 11.3 Å². The largest absolute Gasteiger partial charge is 0.550 e. The van der Waals surface area contributed by atoms with E-state index in [2.05, 4.69) is 24.6 Å². The van der Waals surface area contributed by atoms with Gasteiger partial charge in [0.25, 0.3) is 0 Å². The molecule has 102 valence electrons. The third-order valence-corrected chi connectivity index (χ3v) is 2.50. The predicted molar refractivity (Wildman–Crippen MR) is 71.2 cm³/mol. The fourth-order valence-corrected chi connectivity index (χ4v) is 1.90. The smallest absolute Gasteiger partial charge is 0.187 e. The van der Waals surface area contributed by atoms with Crippen LogP contribution in [0.1, 0.15) is 45.1 Å². The van der Waals surface area contributed by atoms with Gasteiger partial charge in [-0.15, -0.1) is 0 Å². The van der Waals surface area contributed by atoms with Gasteiger partial charge in [-0.05, 0) is 26.3 Å². The quantitative estimate of drug-likeness (QED) is 0.609. The predicted octanol–water partition coefficient (Wildman–Crippen LogP) is 2.27. The fraction of sp³-hybridized carbons (Fsp3) is 0.571. The summed E-state index contributed by atoms with van der Waals surface area (Å²) in [7, 11) is 0. The summed E-state index contributed by atoms with van der Waals surface area (Å²) >= 11 is 5.97. The number of hydrogen-bond acceptors (Lipinski definition) is 2. The van der Waals surface area contributed by atoms with Crippen LogP contribution in [0.2, 0.25) is 5.02 Å². The highest BCUT2D eigenvalue weighted by atomic mass is 35.5. The minimum absolute atomic E-state index is 0.834. The first-order valence-electron chi connectivity index (χ1n) is 6.29. The summed E-state index contributed by atoms with van der Waals surface area (Å²) in [6.07, 6.45) is 9.34. The summed E-state index contributed by atoms with van der Waals surface area (Å²) in [4.78, 5) is 8.89. The van der Waals surface area contributed by atoms with Gasteiger partial charge in [0.15, 0.2) is 12.4 Å². The molecule has 0 unspecified atom stereocenters. The number of aromatic nitrogens is 1. The fourth-order valence-electron chi connectivity index (χ4n) is 1.60. The lowest BCUT2D eigenvalue weighted by Crippen LogP contribution is -2.33. The third kappa shape index (κ3) is 10.1. The van der Waals surface area contributed by atoms with Crippen molar-refractivity contribution in [2.24, 2.45) is 0 Å². The van der Waals surface area contributed by atoms with Crippen molar-refractivity contribution in [1.29, 1.82) is 0 Å². The second-order valence-electron chi connectivity index (χ2n) is 4.32. The average molecular weight is 272 g/mol. The molecule has 0 spiro atoms. The van der Waals surface area contributed by atoms with Crippen LogP contribution in [0.15, 0.2) is 18.5 Å². The van der Waals surface area contributed by atoms with Gasteiger partial charge in [-0.1, -0.05) is 31.4 Å². The molecule has 1 heterocycles. The summed E-state index contributed by atoms with van der Waals surface area (Å²) in [6, 6.07) is 1.99. The van der Waals surface area contributed by atoms with Crippen LogP contribution >= 0.6 is 11.6 Å². The molecular weight excluding hydrogens is 250 g/mol. The number of halogens is 1. The van der Waals surface area contributed by atoms with Crippen LogP contribution in [-0.4, -0.2) is 5.97 Å². The van der Waals surface area contributed by atoms with Crippen molar-refractivity contribution < 1.29 is 14.5 Å². The normalized spacial score (nSPS) is 9.56. The highest BCUT2D eigenvalue weighted by Gasteiger charge is 2.03. The zero-order valence-corrected chi connectivity index (χ0v) is 12.2. The summed E-state index contributed by atoms with van der Waals surface area (Å²) in [5.41, 5.74) is 1.23. The van der Waals surface area contributed by atoms with E-state index in [4.69, 9.17) is 21.5 Å². The Bertz CT molecular complexity index is 343. The van der Waals surface area contributed by atoms with Crippen LogP contribution in [0, 0.1) is 6.92 Å². The van der Waals surface area contributed by atoms with Crippen molar-refractivity contribution >= 4 is 17.6 Å². The molecule has 0 aliphatic heterocycles. The van der Waals surface area contributed by atoms with Gasteiger partial charge in [-0.3, -0.25) is 0 Å². The average Bonchev–Trinajstić information content (AvgIpc) is 2.22. The van der Waals surface area contributed by atoms with E-state index in [-0.39, 0.29) is 0 Å². The lowest BCUT2D eigenvalue weighted by Gasteiger charge is -1.99. The van der Waals surface area contributed by atoms with E-state index in [1.807, 2.05) is 12.3 Å². The Kier molecular flexibility index (Phi) is 9.29. The summed E-state index contributed by atoms with van der Waals surface area (Å²) in [6.45, 7) is 6.37. The van der Waals surface area contributed by atoms with E-state index in [1.165, 1.54) is 31.2 Å². The number of carbonyl (C=O) groups excluding carboxylic acids is 1. The van der Waals surface area contributed by atoms with Crippen LogP contribution < -0.4 is 9.67 Å². The van der Waals surface area contributed by atoms with E-state index >= 15 is 0 Å². The molecule has 0 atom stereocenters. The Morgan fingerprint density at radius 2 is 1.94 bits per heavy atom. The van der Waals surface area contributed by atoms with E-state index < -0.39 is 5.97 Å². The van der Waals surface area contributed by atoms with Gasteiger partial charge >= 0.3 is 0 Å². The van der Waals surface area contributed by atoms with Crippen molar-refractivity contribution in [2.75, 3.05) is 0 Å². The monoisotopic (exact) mass is 271 g/mol. The Labute approximate surface area is 114 Å². The molecule has 3 nitrogen and oxygen atoms in total. The van der Waals surface area contributed by atoms with E-state index in [1.54, 1.807) is 0 Å². The number of aryl methyl sites for hydroxylation is 2. The maximum Gasteiger partial charge on any atom is 0.187 e. The minimum Gasteiger partial charge on any atom is -0.550 e. The molecule has 0 fully saturated rings. The number of pyridine rings is 1. The molecule has 0 aromatic carbocycles. The molecule has 4 heteroatoms. The van der Waals surface area contributed by atoms with E-state index in [9.17, 15) is 0 Å². The second kappa shape index (κ2) is 9.89. The number of aliphatic carboxylic acids is 1. The SMILES string of the molecule is CC(=O)[O-].CCCCCC[n+]1cc(C)cc(Cl)c1. The van der Waals surface area contributed by atoms with Crippen LogP contribution in [0.3, 0.4) is 0 Å². The molecule has 0 aliphatic rings. The van der Waals surface area contributed by atoms with E-state index in [0.717, 1.165) is 18.5 Å². The maximum atomic E-state index is 8.89. The van der Waals surface area contributed by atoms with Crippen molar-refractivity contribution in [1.82, 2.24) is 0 Å². The number of unbranched alkanes of at least 4 members (excludes halogenated alkanes) is 3.